The van der Waals surface area contributed by atoms with Crippen molar-refractivity contribution in [3.05, 3.63) is 0 Å². The van der Waals surface area contributed by atoms with E-state index in [2.05, 4.69) is 48.2 Å². The highest BCUT2D eigenvalue weighted by molar-refractivity contribution is 14.0. The summed E-state index contributed by atoms with van der Waals surface area (Å²) in [5, 5.41) is 6.88. The molecule has 1 saturated heterocycles. The maximum Gasteiger partial charge on any atom is 0.191 e. The number of likely N-dealkylation sites (tertiary alicyclic amines) is 1. The lowest BCUT2D eigenvalue weighted by molar-refractivity contribution is 0.0258. The van der Waals surface area contributed by atoms with E-state index in [1.807, 2.05) is 7.05 Å². The number of rotatable bonds is 9. The van der Waals surface area contributed by atoms with Crippen molar-refractivity contribution < 1.29 is 4.74 Å². The summed E-state index contributed by atoms with van der Waals surface area (Å²) in [5.41, 5.74) is 0. The van der Waals surface area contributed by atoms with E-state index in [1.165, 1.54) is 19.4 Å². The van der Waals surface area contributed by atoms with Crippen molar-refractivity contribution in [1.82, 2.24) is 15.5 Å². The van der Waals surface area contributed by atoms with Gasteiger partial charge >= 0.3 is 0 Å². The quantitative estimate of drug-likeness (QED) is 0.329. The van der Waals surface area contributed by atoms with Crippen molar-refractivity contribution in [2.75, 3.05) is 39.8 Å². The first-order valence-electron chi connectivity index (χ1n) is 8.92. The molecule has 0 aromatic rings. The van der Waals surface area contributed by atoms with Crippen LogP contribution < -0.4 is 10.6 Å². The first-order valence-corrected chi connectivity index (χ1v) is 8.92. The van der Waals surface area contributed by atoms with Gasteiger partial charge in [-0.1, -0.05) is 20.8 Å². The second-order valence-electron chi connectivity index (χ2n) is 6.33. The second-order valence-corrected chi connectivity index (χ2v) is 6.33. The zero-order valence-electron chi connectivity index (χ0n) is 15.6. The summed E-state index contributed by atoms with van der Waals surface area (Å²) in [4.78, 5) is 6.87. The molecule has 0 amide bonds. The topological polar surface area (TPSA) is 48.9 Å². The standard InChI is InChI=1S/C17H36N4O.HI/c1-6-21-12-8-9-15(21)13-20-17(18-5)19-11-10-16(14(3)4)22-7-2;/h14-16H,6-13H2,1-5H3,(H2,18,19,20);1H. The molecule has 23 heavy (non-hydrogen) atoms. The molecule has 6 heteroatoms. The molecule has 0 aromatic carbocycles. The van der Waals surface area contributed by atoms with E-state index in [9.17, 15) is 0 Å². The lowest BCUT2D eigenvalue weighted by atomic mass is 10.0. The fraction of sp³-hybridized carbons (Fsp3) is 0.941. The monoisotopic (exact) mass is 440 g/mol. The van der Waals surface area contributed by atoms with Gasteiger partial charge in [0.1, 0.15) is 0 Å². The van der Waals surface area contributed by atoms with E-state index < -0.39 is 0 Å². The number of hydrogen-bond donors (Lipinski definition) is 2. The van der Waals surface area contributed by atoms with Crippen molar-refractivity contribution in [1.29, 1.82) is 0 Å². The first-order chi connectivity index (χ1) is 10.6. The minimum absolute atomic E-state index is 0. The summed E-state index contributed by atoms with van der Waals surface area (Å²) in [5.74, 6) is 1.45. The molecule has 0 aliphatic carbocycles. The molecule has 1 aliphatic heterocycles. The van der Waals surface area contributed by atoms with Gasteiger partial charge in [-0.2, -0.15) is 0 Å². The highest BCUT2D eigenvalue weighted by Gasteiger charge is 2.22. The molecule has 2 atom stereocenters. The Hall–Kier alpha value is -0.0800. The van der Waals surface area contributed by atoms with E-state index >= 15 is 0 Å². The number of halogens is 1. The SMILES string of the molecule is CCOC(CCNC(=NC)NCC1CCCN1CC)C(C)C.I. The minimum Gasteiger partial charge on any atom is -0.378 e. The van der Waals surface area contributed by atoms with Crippen LogP contribution in [0.3, 0.4) is 0 Å². The molecule has 0 saturated carbocycles. The average Bonchev–Trinajstić information content (AvgIpc) is 2.96. The zero-order chi connectivity index (χ0) is 16.4. The molecule has 138 valence electrons. The minimum atomic E-state index is 0. The molecule has 2 unspecified atom stereocenters. The van der Waals surface area contributed by atoms with E-state index in [4.69, 9.17) is 4.74 Å². The molecular weight excluding hydrogens is 403 g/mol. The lowest BCUT2D eigenvalue weighted by Crippen LogP contribution is -2.45. The molecule has 0 spiro atoms. The normalized spacial score (nSPS) is 20.4. The Balaban J connectivity index is 0.00000484. The third-order valence-electron chi connectivity index (χ3n) is 4.48. The number of nitrogens with zero attached hydrogens (tertiary/aromatic N) is 2. The van der Waals surface area contributed by atoms with E-state index in [1.54, 1.807) is 0 Å². The average molecular weight is 440 g/mol. The first kappa shape index (κ1) is 22.9. The van der Waals surface area contributed by atoms with Crippen LogP contribution in [0.4, 0.5) is 0 Å². The van der Waals surface area contributed by atoms with Gasteiger partial charge in [-0.25, -0.2) is 0 Å². The molecule has 1 rings (SSSR count). The summed E-state index contributed by atoms with van der Waals surface area (Å²) in [6, 6.07) is 0.649. The van der Waals surface area contributed by atoms with Gasteiger partial charge in [0.2, 0.25) is 0 Å². The highest BCUT2D eigenvalue weighted by Crippen LogP contribution is 2.15. The van der Waals surface area contributed by atoms with Crippen LogP contribution in [0.2, 0.25) is 0 Å². The number of aliphatic imine (C=N–C) groups is 1. The molecule has 1 aliphatic rings. The van der Waals surface area contributed by atoms with Crippen LogP contribution in [0, 0.1) is 5.92 Å². The van der Waals surface area contributed by atoms with Gasteiger partial charge in [-0.15, -0.1) is 24.0 Å². The summed E-state index contributed by atoms with van der Waals surface area (Å²) in [6.45, 7) is 13.8. The molecule has 0 radical (unpaired) electrons. The van der Waals surface area contributed by atoms with Gasteiger partial charge < -0.3 is 15.4 Å². The maximum atomic E-state index is 5.78. The summed E-state index contributed by atoms with van der Waals surface area (Å²) in [6.07, 6.45) is 3.94. The number of guanidine groups is 1. The van der Waals surface area contributed by atoms with Crippen molar-refractivity contribution in [3.8, 4) is 0 Å². The Labute approximate surface area is 160 Å². The third-order valence-corrected chi connectivity index (χ3v) is 4.48. The third kappa shape index (κ3) is 8.54. The molecule has 1 fully saturated rings. The van der Waals surface area contributed by atoms with E-state index in [-0.39, 0.29) is 24.0 Å². The van der Waals surface area contributed by atoms with Crippen LogP contribution in [-0.2, 0) is 4.74 Å². The van der Waals surface area contributed by atoms with E-state index in [0.717, 1.165) is 38.6 Å². The summed E-state index contributed by atoms with van der Waals surface area (Å²) >= 11 is 0. The highest BCUT2D eigenvalue weighted by atomic mass is 127. The van der Waals surface area contributed by atoms with Crippen molar-refractivity contribution in [3.63, 3.8) is 0 Å². The number of ether oxygens (including phenoxy) is 1. The van der Waals surface area contributed by atoms with Gasteiger partial charge in [0.05, 0.1) is 6.10 Å². The van der Waals surface area contributed by atoms with Gasteiger partial charge in [-0.3, -0.25) is 9.89 Å². The molecule has 0 aromatic heterocycles. The maximum absolute atomic E-state index is 5.78. The second kappa shape index (κ2) is 13.2. The molecular formula is C17H37IN4O. The predicted octanol–water partition coefficient (Wildman–Crippen LogP) is 2.70. The fourth-order valence-electron chi connectivity index (χ4n) is 3.13. The fourth-order valence-corrected chi connectivity index (χ4v) is 3.13. The Kier molecular flexibility index (Phi) is 13.2. The van der Waals surface area contributed by atoms with Gasteiger partial charge in [0, 0.05) is 32.8 Å². The van der Waals surface area contributed by atoms with Crippen molar-refractivity contribution >= 4 is 29.9 Å². The van der Waals surface area contributed by atoms with Crippen LogP contribution in [0.25, 0.3) is 0 Å². The van der Waals surface area contributed by atoms with Gasteiger partial charge in [0.15, 0.2) is 5.96 Å². The number of hydrogen-bond acceptors (Lipinski definition) is 3. The Bertz CT molecular complexity index is 326. The van der Waals surface area contributed by atoms with Crippen LogP contribution in [0.5, 0.6) is 0 Å². The van der Waals surface area contributed by atoms with Gasteiger partial charge in [-0.05, 0) is 45.2 Å². The summed E-state index contributed by atoms with van der Waals surface area (Å²) in [7, 11) is 1.84. The smallest absolute Gasteiger partial charge is 0.191 e. The van der Waals surface area contributed by atoms with Crippen molar-refractivity contribution in [2.45, 2.75) is 59.1 Å². The zero-order valence-corrected chi connectivity index (χ0v) is 17.9. The van der Waals surface area contributed by atoms with Gasteiger partial charge in [0.25, 0.3) is 0 Å². The van der Waals surface area contributed by atoms with Crippen molar-refractivity contribution in [2.24, 2.45) is 10.9 Å². The molecule has 5 nitrogen and oxygen atoms in total. The largest absolute Gasteiger partial charge is 0.378 e. The van der Waals surface area contributed by atoms with Crippen LogP contribution in [0.15, 0.2) is 4.99 Å². The van der Waals surface area contributed by atoms with E-state index in [0.29, 0.717) is 18.1 Å². The molecule has 0 bridgehead atoms. The number of nitrogens with one attached hydrogen (secondary N) is 2. The predicted molar refractivity (Wildman–Crippen MR) is 110 cm³/mol. The van der Waals surface area contributed by atoms with Crippen LogP contribution in [0.1, 0.15) is 47.0 Å². The van der Waals surface area contributed by atoms with Crippen LogP contribution in [-0.4, -0.2) is 62.8 Å². The van der Waals surface area contributed by atoms with Crippen LogP contribution >= 0.6 is 24.0 Å². The Morgan fingerprint density at radius 3 is 2.61 bits per heavy atom. The number of likely N-dealkylation sites (N-methyl/N-ethyl adjacent to an activating group) is 1. The molecule has 1 heterocycles. The Morgan fingerprint density at radius 2 is 2.04 bits per heavy atom. The molecule has 2 N–H and O–H groups in total. The Morgan fingerprint density at radius 1 is 1.30 bits per heavy atom. The summed E-state index contributed by atoms with van der Waals surface area (Å²) < 4.78 is 5.78. The lowest BCUT2D eigenvalue weighted by Gasteiger charge is -2.24.